The summed E-state index contributed by atoms with van der Waals surface area (Å²) in [5, 5.41) is 2.86. The largest absolute Gasteiger partial charge is 0.369 e. The quantitative estimate of drug-likeness (QED) is 0.853. The van der Waals surface area contributed by atoms with Crippen LogP contribution >= 0.6 is 0 Å². The van der Waals surface area contributed by atoms with Gasteiger partial charge >= 0.3 is 0 Å². The molecule has 7 heteroatoms. The van der Waals surface area contributed by atoms with E-state index in [4.69, 9.17) is 5.73 Å². The molecule has 3 rings (SSSR count). The minimum Gasteiger partial charge on any atom is -0.369 e. The molecule has 2 heterocycles. The molecule has 1 saturated heterocycles. The summed E-state index contributed by atoms with van der Waals surface area (Å²) in [6, 6.07) is 7.16. The second-order valence-electron chi connectivity index (χ2n) is 6.84. The first-order chi connectivity index (χ1) is 12.0. The number of nitrogens with zero attached hydrogens (tertiary/aromatic N) is 2. The number of piperidine rings is 1. The molecule has 1 fully saturated rings. The molecule has 1 atom stereocenters. The van der Waals surface area contributed by atoms with Gasteiger partial charge in [0.25, 0.3) is 0 Å². The molecule has 25 heavy (non-hydrogen) atoms. The predicted octanol–water partition coefficient (Wildman–Crippen LogP) is 0.948. The second-order valence-corrected chi connectivity index (χ2v) is 6.84. The third-order valence-electron chi connectivity index (χ3n) is 4.98. The van der Waals surface area contributed by atoms with Crippen molar-refractivity contribution in [2.45, 2.75) is 32.2 Å². The zero-order valence-corrected chi connectivity index (χ0v) is 14.4. The lowest BCUT2D eigenvalue weighted by molar-refractivity contribution is -0.123. The van der Waals surface area contributed by atoms with E-state index < -0.39 is 0 Å². The number of amides is 3. The van der Waals surface area contributed by atoms with E-state index in [1.807, 2.05) is 31.2 Å². The van der Waals surface area contributed by atoms with Crippen molar-refractivity contribution in [3.8, 4) is 0 Å². The number of primary amides is 1. The summed E-state index contributed by atoms with van der Waals surface area (Å²) in [5.41, 5.74) is 6.76. The molecule has 3 amide bonds. The highest BCUT2D eigenvalue weighted by Gasteiger charge is 2.31. The van der Waals surface area contributed by atoms with Crippen molar-refractivity contribution >= 4 is 29.1 Å². The topological polar surface area (TPSA) is 95.7 Å². The van der Waals surface area contributed by atoms with Gasteiger partial charge in [-0.3, -0.25) is 19.3 Å². The monoisotopic (exact) mass is 344 g/mol. The highest BCUT2D eigenvalue weighted by molar-refractivity contribution is 6.04. The van der Waals surface area contributed by atoms with Crippen LogP contribution in [0.4, 0.5) is 11.4 Å². The summed E-state index contributed by atoms with van der Waals surface area (Å²) < 4.78 is 0. The maximum Gasteiger partial charge on any atom is 0.241 e. The molecule has 0 bridgehead atoms. The molecule has 2 aliphatic rings. The van der Waals surface area contributed by atoms with Crippen LogP contribution in [-0.2, 0) is 14.4 Å². The first-order valence-electron chi connectivity index (χ1n) is 8.68. The van der Waals surface area contributed by atoms with E-state index in [2.05, 4.69) is 10.2 Å². The van der Waals surface area contributed by atoms with E-state index in [-0.39, 0.29) is 42.6 Å². The zero-order chi connectivity index (χ0) is 18.0. The highest BCUT2D eigenvalue weighted by Crippen LogP contribution is 2.31. The van der Waals surface area contributed by atoms with Gasteiger partial charge in [-0.05, 0) is 45.0 Å². The molecule has 0 unspecified atom stereocenters. The average Bonchev–Trinajstić information content (AvgIpc) is 2.69. The summed E-state index contributed by atoms with van der Waals surface area (Å²) in [6.07, 6.45) is 1.65. The Hall–Kier alpha value is -2.41. The Bertz CT molecular complexity index is 683. The number of benzene rings is 1. The van der Waals surface area contributed by atoms with Crippen molar-refractivity contribution in [2.75, 3.05) is 29.9 Å². The van der Waals surface area contributed by atoms with Gasteiger partial charge in [-0.1, -0.05) is 12.1 Å². The molecule has 0 aromatic heterocycles. The first kappa shape index (κ1) is 17.4. The SMILES string of the molecule is C[C@H]1CC(=O)Nc2ccccc2N1C(=O)CN1CCC(C(N)=O)CC1. The van der Waals surface area contributed by atoms with Gasteiger partial charge in [0.1, 0.15) is 0 Å². The van der Waals surface area contributed by atoms with Gasteiger partial charge in [-0.2, -0.15) is 0 Å². The predicted molar refractivity (Wildman–Crippen MR) is 95.0 cm³/mol. The number of para-hydroxylation sites is 2. The summed E-state index contributed by atoms with van der Waals surface area (Å²) in [6.45, 7) is 3.53. The number of fused-ring (bicyclic) bond motifs is 1. The van der Waals surface area contributed by atoms with E-state index in [9.17, 15) is 14.4 Å². The van der Waals surface area contributed by atoms with Gasteiger partial charge in [0.15, 0.2) is 0 Å². The fourth-order valence-electron chi connectivity index (χ4n) is 3.61. The number of carbonyl (C=O) groups excluding carboxylic acids is 3. The number of hydrogen-bond donors (Lipinski definition) is 2. The van der Waals surface area contributed by atoms with Crippen LogP contribution in [0, 0.1) is 5.92 Å². The molecular formula is C18H24N4O3. The smallest absolute Gasteiger partial charge is 0.241 e. The normalized spacial score (nSPS) is 22.0. The van der Waals surface area contributed by atoms with Crippen LogP contribution in [0.3, 0.4) is 0 Å². The Labute approximate surface area is 147 Å². The third kappa shape index (κ3) is 3.82. The van der Waals surface area contributed by atoms with Crippen molar-refractivity contribution in [1.82, 2.24) is 4.90 Å². The summed E-state index contributed by atoms with van der Waals surface area (Å²) in [5.74, 6) is -0.469. The fraction of sp³-hybridized carbons (Fsp3) is 0.500. The van der Waals surface area contributed by atoms with Gasteiger partial charge in [0.2, 0.25) is 17.7 Å². The van der Waals surface area contributed by atoms with E-state index in [1.165, 1.54) is 0 Å². The lowest BCUT2D eigenvalue weighted by Gasteiger charge is -2.33. The average molecular weight is 344 g/mol. The molecule has 1 aromatic carbocycles. The molecule has 2 aliphatic heterocycles. The summed E-state index contributed by atoms with van der Waals surface area (Å²) in [7, 11) is 0. The third-order valence-corrected chi connectivity index (χ3v) is 4.98. The van der Waals surface area contributed by atoms with Crippen LogP contribution in [0.15, 0.2) is 24.3 Å². The molecule has 134 valence electrons. The molecule has 0 spiro atoms. The fourth-order valence-corrected chi connectivity index (χ4v) is 3.61. The molecule has 0 aliphatic carbocycles. The molecule has 0 saturated carbocycles. The van der Waals surface area contributed by atoms with Crippen LogP contribution in [0.25, 0.3) is 0 Å². The van der Waals surface area contributed by atoms with Crippen molar-refractivity contribution in [2.24, 2.45) is 11.7 Å². The Morgan fingerprint density at radius 3 is 2.60 bits per heavy atom. The van der Waals surface area contributed by atoms with Crippen LogP contribution in [0.2, 0.25) is 0 Å². The van der Waals surface area contributed by atoms with E-state index >= 15 is 0 Å². The minimum atomic E-state index is -0.259. The van der Waals surface area contributed by atoms with Crippen molar-refractivity contribution in [3.63, 3.8) is 0 Å². The maximum absolute atomic E-state index is 13.0. The molecule has 3 N–H and O–H groups in total. The van der Waals surface area contributed by atoms with Gasteiger partial charge in [0.05, 0.1) is 17.9 Å². The Kier molecular flexibility index (Phi) is 5.03. The number of carbonyl (C=O) groups is 3. The molecular weight excluding hydrogens is 320 g/mol. The van der Waals surface area contributed by atoms with Crippen molar-refractivity contribution < 1.29 is 14.4 Å². The number of nitrogens with two attached hydrogens (primary N) is 1. The van der Waals surface area contributed by atoms with E-state index in [0.717, 1.165) is 5.69 Å². The number of anilines is 2. The minimum absolute atomic E-state index is 0.0334. The number of likely N-dealkylation sites (tertiary alicyclic amines) is 1. The second kappa shape index (κ2) is 7.23. The van der Waals surface area contributed by atoms with Gasteiger partial charge in [-0.15, -0.1) is 0 Å². The molecule has 0 radical (unpaired) electrons. The van der Waals surface area contributed by atoms with Crippen molar-refractivity contribution in [1.29, 1.82) is 0 Å². The Morgan fingerprint density at radius 2 is 1.92 bits per heavy atom. The maximum atomic E-state index is 13.0. The van der Waals surface area contributed by atoms with E-state index in [0.29, 0.717) is 31.6 Å². The van der Waals surface area contributed by atoms with Gasteiger partial charge < -0.3 is 16.0 Å². The van der Waals surface area contributed by atoms with E-state index in [1.54, 1.807) is 4.90 Å². The van der Waals surface area contributed by atoms with Crippen LogP contribution in [-0.4, -0.2) is 48.3 Å². The van der Waals surface area contributed by atoms with Gasteiger partial charge in [-0.25, -0.2) is 0 Å². The van der Waals surface area contributed by atoms with Crippen molar-refractivity contribution in [3.05, 3.63) is 24.3 Å². The number of hydrogen-bond acceptors (Lipinski definition) is 4. The number of nitrogens with one attached hydrogen (secondary N) is 1. The summed E-state index contributed by atoms with van der Waals surface area (Å²) in [4.78, 5) is 40.0. The lowest BCUT2D eigenvalue weighted by Crippen LogP contribution is -2.47. The Balaban J connectivity index is 1.73. The van der Waals surface area contributed by atoms with Crippen LogP contribution in [0.1, 0.15) is 26.2 Å². The highest BCUT2D eigenvalue weighted by atomic mass is 16.2. The van der Waals surface area contributed by atoms with Crippen LogP contribution < -0.4 is 16.0 Å². The zero-order valence-electron chi connectivity index (χ0n) is 14.4. The van der Waals surface area contributed by atoms with Gasteiger partial charge in [0, 0.05) is 18.4 Å². The van der Waals surface area contributed by atoms with Crippen LogP contribution in [0.5, 0.6) is 0 Å². The lowest BCUT2D eigenvalue weighted by atomic mass is 9.96. The standard InChI is InChI=1S/C18H24N4O3/c1-12-10-16(23)20-14-4-2-3-5-15(14)22(12)17(24)11-21-8-6-13(7-9-21)18(19)25/h2-5,12-13H,6-11H2,1H3,(H2,19,25)(H,20,23)/t12-/m0/s1. The number of rotatable bonds is 3. The Morgan fingerprint density at radius 1 is 1.24 bits per heavy atom. The summed E-state index contributed by atoms with van der Waals surface area (Å²) >= 11 is 0. The molecule has 7 nitrogen and oxygen atoms in total. The molecule has 1 aromatic rings. The first-order valence-corrected chi connectivity index (χ1v) is 8.68.